The lowest BCUT2D eigenvalue weighted by atomic mass is 9.90. The Morgan fingerprint density at radius 1 is 0.458 bits per heavy atom. The summed E-state index contributed by atoms with van der Waals surface area (Å²) in [6, 6.07) is 29.3. The lowest BCUT2D eigenvalue weighted by Crippen LogP contribution is -1.97. The maximum Gasteiger partial charge on any atom is 0.0467 e. The second-order valence-electron chi connectivity index (χ2n) is 5.65. The van der Waals surface area contributed by atoms with Gasteiger partial charge in [0.15, 0.2) is 0 Å². The zero-order chi connectivity index (χ0) is 16.2. The Labute approximate surface area is 141 Å². The van der Waals surface area contributed by atoms with E-state index in [0.717, 1.165) is 11.4 Å². The number of benzene rings is 2. The average molecular weight is 310 g/mol. The molecule has 0 atom stereocenters. The van der Waals surface area contributed by atoms with Crippen molar-refractivity contribution in [1.29, 1.82) is 0 Å². The molecule has 0 aliphatic carbocycles. The Kier molecular flexibility index (Phi) is 3.86. The highest BCUT2D eigenvalue weighted by atomic mass is 14.7. The van der Waals surface area contributed by atoms with E-state index < -0.39 is 0 Å². The molecule has 2 aromatic carbocycles. The highest BCUT2D eigenvalue weighted by Crippen LogP contribution is 2.35. The summed E-state index contributed by atoms with van der Waals surface area (Å²) >= 11 is 0. The maximum atomic E-state index is 3.38. The van der Waals surface area contributed by atoms with Gasteiger partial charge < -0.3 is 9.97 Å². The van der Waals surface area contributed by atoms with Crippen LogP contribution in [0.4, 0.5) is 0 Å². The third kappa shape index (κ3) is 2.70. The number of aromatic amines is 2. The summed E-state index contributed by atoms with van der Waals surface area (Å²) in [5, 5.41) is 0. The van der Waals surface area contributed by atoms with E-state index in [0.29, 0.717) is 0 Å². The van der Waals surface area contributed by atoms with Crippen molar-refractivity contribution in [3.63, 3.8) is 0 Å². The Balaban J connectivity index is 2.07. The van der Waals surface area contributed by atoms with E-state index >= 15 is 0 Å². The molecular formula is C22H18N2. The van der Waals surface area contributed by atoms with Crippen molar-refractivity contribution in [2.45, 2.75) is 0 Å². The summed E-state index contributed by atoms with van der Waals surface area (Å²) in [4.78, 5) is 6.75. The number of aromatic nitrogens is 2. The van der Waals surface area contributed by atoms with Gasteiger partial charge in [0.2, 0.25) is 0 Å². The van der Waals surface area contributed by atoms with Gasteiger partial charge in [-0.1, -0.05) is 60.7 Å². The molecule has 2 heterocycles. The van der Waals surface area contributed by atoms with Crippen molar-refractivity contribution in [3.05, 3.63) is 120 Å². The number of nitrogens with one attached hydrogen (secondary N) is 2. The molecule has 4 aromatic rings. The lowest BCUT2D eigenvalue weighted by Gasteiger charge is -2.15. The summed E-state index contributed by atoms with van der Waals surface area (Å²) < 4.78 is 0. The van der Waals surface area contributed by atoms with Crippen molar-refractivity contribution in [3.8, 4) is 0 Å². The molecule has 0 aliphatic rings. The first-order valence-electron chi connectivity index (χ1n) is 8.06. The van der Waals surface area contributed by atoms with Gasteiger partial charge in [-0.2, -0.15) is 0 Å². The number of rotatable bonds is 4. The second-order valence-corrected chi connectivity index (χ2v) is 5.65. The highest BCUT2D eigenvalue weighted by molar-refractivity contribution is 6.03. The van der Waals surface area contributed by atoms with E-state index in [1.165, 1.54) is 22.3 Å². The van der Waals surface area contributed by atoms with Crippen molar-refractivity contribution in [2.24, 2.45) is 0 Å². The standard InChI is InChI=1S/C22H18N2/c1-3-9-17(10-4-1)21(19-13-7-15-23-19)22(20-14-8-16-24-20)18-11-5-2-6-12-18/h1-16,23-24H/b22-21-. The van der Waals surface area contributed by atoms with E-state index in [1.807, 2.05) is 36.7 Å². The van der Waals surface area contributed by atoms with Gasteiger partial charge in [0.25, 0.3) is 0 Å². The Hall–Kier alpha value is -3.26. The Morgan fingerprint density at radius 3 is 1.21 bits per heavy atom. The minimum atomic E-state index is 1.11. The van der Waals surface area contributed by atoms with Gasteiger partial charge in [-0.3, -0.25) is 0 Å². The zero-order valence-electron chi connectivity index (χ0n) is 13.2. The van der Waals surface area contributed by atoms with E-state index in [9.17, 15) is 0 Å². The molecule has 0 radical (unpaired) electrons. The van der Waals surface area contributed by atoms with Crippen molar-refractivity contribution < 1.29 is 0 Å². The molecule has 0 bridgehead atoms. The van der Waals surface area contributed by atoms with Crippen LogP contribution < -0.4 is 0 Å². The molecule has 0 amide bonds. The molecule has 2 heteroatoms. The molecule has 0 aliphatic heterocycles. The molecule has 0 fully saturated rings. The van der Waals surface area contributed by atoms with Gasteiger partial charge >= 0.3 is 0 Å². The third-order valence-electron chi connectivity index (χ3n) is 4.11. The predicted octanol–water partition coefficient (Wildman–Crippen LogP) is 5.35. The Bertz CT molecular complexity index is 837. The molecule has 24 heavy (non-hydrogen) atoms. The predicted molar refractivity (Wildman–Crippen MR) is 99.5 cm³/mol. The SMILES string of the molecule is c1ccc(/C(=C(\c2ccccc2)c2ccc[nH]2)c2ccc[nH]2)cc1. The molecular weight excluding hydrogens is 292 g/mol. The largest absolute Gasteiger partial charge is 0.361 e. The van der Waals surface area contributed by atoms with Gasteiger partial charge in [-0.25, -0.2) is 0 Å². The van der Waals surface area contributed by atoms with Crippen LogP contribution in [0.1, 0.15) is 22.5 Å². The molecule has 2 aromatic heterocycles. The van der Waals surface area contributed by atoms with E-state index in [1.54, 1.807) is 0 Å². The molecule has 116 valence electrons. The van der Waals surface area contributed by atoms with Crippen LogP contribution in [0.15, 0.2) is 97.3 Å². The minimum Gasteiger partial charge on any atom is -0.361 e. The maximum absolute atomic E-state index is 3.38. The van der Waals surface area contributed by atoms with Gasteiger partial charge in [0.05, 0.1) is 0 Å². The topological polar surface area (TPSA) is 31.6 Å². The quantitative estimate of drug-likeness (QED) is 0.476. The van der Waals surface area contributed by atoms with E-state index in [-0.39, 0.29) is 0 Å². The summed E-state index contributed by atoms with van der Waals surface area (Å²) in [5.74, 6) is 0. The van der Waals surface area contributed by atoms with Crippen LogP contribution >= 0.6 is 0 Å². The van der Waals surface area contributed by atoms with Crippen LogP contribution in [0, 0.1) is 0 Å². The summed E-state index contributed by atoms with van der Waals surface area (Å²) in [6.45, 7) is 0. The summed E-state index contributed by atoms with van der Waals surface area (Å²) in [5.41, 5.74) is 6.97. The van der Waals surface area contributed by atoms with E-state index in [4.69, 9.17) is 0 Å². The fourth-order valence-electron chi connectivity index (χ4n) is 3.05. The first kappa shape index (κ1) is 14.3. The number of H-pyrrole nitrogens is 2. The summed E-state index contributed by atoms with van der Waals surface area (Å²) in [6.07, 6.45) is 3.94. The van der Waals surface area contributed by atoms with Crippen molar-refractivity contribution >= 4 is 11.1 Å². The molecule has 0 saturated heterocycles. The molecule has 0 saturated carbocycles. The second kappa shape index (κ2) is 6.47. The third-order valence-corrected chi connectivity index (χ3v) is 4.11. The fraction of sp³-hybridized carbons (Fsp3) is 0. The Morgan fingerprint density at radius 2 is 0.875 bits per heavy atom. The number of hydrogen-bond acceptors (Lipinski definition) is 0. The highest BCUT2D eigenvalue weighted by Gasteiger charge is 2.16. The normalized spacial score (nSPS) is 12.0. The average Bonchev–Trinajstić information content (AvgIpc) is 3.35. The van der Waals surface area contributed by atoms with Crippen molar-refractivity contribution in [1.82, 2.24) is 9.97 Å². The van der Waals surface area contributed by atoms with Gasteiger partial charge in [0, 0.05) is 34.9 Å². The van der Waals surface area contributed by atoms with Crippen LogP contribution in [0.2, 0.25) is 0 Å². The molecule has 2 nitrogen and oxygen atoms in total. The fourth-order valence-corrected chi connectivity index (χ4v) is 3.05. The van der Waals surface area contributed by atoms with Crippen LogP contribution in [-0.4, -0.2) is 9.97 Å². The minimum absolute atomic E-state index is 1.11. The molecule has 0 spiro atoms. The summed E-state index contributed by atoms with van der Waals surface area (Å²) in [7, 11) is 0. The monoisotopic (exact) mass is 310 g/mol. The van der Waals surface area contributed by atoms with E-state index in [2.05, 4.69) is 70.6 Å². The van der Waals surface area contributed by atoms with Crippen LogP contribution in [0.5, 0.6) is 0 Å². The van der Waals surface area contributed by atoms with Gasteiger partial charge in [0.1, 0.15) is 0 Å². The zero-order valence-corrected chi connectivity index (χ0v) is 13.2. The van der Waals surface area contributed by atoms with Gasteiger partial charge in [-0.05, 0) is 35.4 Å². The van der Waals surface area contributed by atoms with Gasteiger partial charge in [-0.15, -0.1) is 0 Å². The molecule has 4 rings (SSSR count). The molecule has 2 N–H and O–H groups in total. The number of hydrogen-bond donors (Lipinski definition) is 2. The first-order valence-corrected chi connectivity index (χ1v) is 8.06. The smallest absolute Gasteiger partial charge is 0.0467 e. The lowest BCUT2D eigenvalue weighted by molar-refractivity contribution is 1.32. The van der Waals surface area contributed by atoms with Crippen LogP contribution in [0.25, 0.3) is 11.1 Å². The van der Waals surface area contributed by atoms with Crippen molar-refractivity contribution in [2.75, 3.05) is 0 Å². The first-order chi connectivity index (χ1) is 11.9. The van der Waals surface area contributed by atoms with Crippen LogP contribution in [-0.2, 0) is 0 Å². The van der Waals surface area contributed by atoms with Crippen LogP contribution in [0.3, 0.4) is 0 Å². The molecule has 0 unspecified atom stereocenters.